The number of hydrogen-bond donors (Lipinski definition) is 1. The molecule has 0 radical (unpaired) electrons. The molecule has 1 heterocycles. The molecule has 1 aromatic rings. The molecule has 0 saturated carbocycles. The first-order chi connectivity index (χ1) is 7.08. The van der Waals surface area contributed by atoms with Crippen LogP contribution in [0.3, 0.4) is 0 Å². The quantitative estimate of drug-likeness (QED) is 0.760. The van der Waals surface area contributed by atoms with Gasteiger partial charge in [-0.3, -0.25) is 4.90 Å². The van der Waals surface area contributed by atoms with Crippen molar-refractivity contribution in [1.29, 1.82) is 0 Å². The number of aryl methyl sites for hydroxylation is 1. The molecular weight excluding hydrogens is 186 g/mol. The minimum absolute atomic E-state index is 0.322. The van der Waals surface area contributed by atoms with Crippen molar-refractivity contribution >= 4 is 0 Å². The molecule has 0 bridgehead atoms. The van der Waals surface area contributed by atoms with E-state index in [1.807, 2.05) is 0 Å². The molecule has 1 aliphatic rings. The third-order valence-electron chi connectivity index (χ3n) is 3.17. The zero-order chi connectivity index (χ0) is 11.0. The fraction of sp³-hybridized carbons (Fsp3) is 0.538. The van der Waals surface area contributed by atoms with Crippen LogP contribution in [0.2, 0.25) is 0 Å². The largest absolute Gasteiger partial charge is 0.387 e. The summed E-state index contributed by atoms with van der Waals surface area (Å²) in [6.07, 6.45) is -0.322. The molecular formula is C13H19NO. The number of benzene rings is 1. The Morgan fingerprint density at radius 2 is 2.13 bits per heavy atom. The second kappa shape index (κ2) is 3.95. The van der Waals surface area contributed by atoms with Crippen molar-refractivity contribution in [2.75, 3.05) is 6.54 Å². The molecule has 1 unspecified atom stereocenters. The van der Waals surface area contributed by atoms with Gasteiger partial charge in [-0.05, 0) is 31.9 Å². The van der Waals surface area contributed by atoms with Gasteiger partial charge in [0.05, 0.1) is 6.10 Å². The summed E-state index contributed by atoms with van der Waals surface area (Å²) in [6, 6.07) is 6.82. The minimum Gasteiger partial charge on any atom is -0.387 e. The van der Waals surface area contributed by atoms with E-state index in [9.17, 15) is 5.11 Å². The second-order valence-corrected chi connectivity index (χ2v) is 4.74. The van der Waals surface area contributed by atoms with Crippen LogP contribution in [0.4, 0.5) is 0 Å². The Hall–Kier alpha value is -0.860. The van der Waals surface area contributed by atoms with Crippen LogP contribution in [0, 0.1) is 6.92 Å². The summed E-state index contributed by atoms with van der Waals surface area (Å²) in [4.78, 5) is 2.31. The summed E-state index contributed by atoms with van der Waals surface area (Å²) in [5.74, 6) is 0. The van der Waals surface area contributed by atoms with Crippen molar-refractivity contribution in [3.8, 4) is 0 Å². The molecule has 0 spiro atoms. The molecule has 1 atom stereocenters. The van der Waals surface area contributed by atoms with E-state index in [0.29, 0.717) is 6.04 Å². The summed E-state index contributed by atoms with van der Waals surface area (Å²) < 4.78 is 0. The maximum atomic E-state index is 10.0. The van der Waals surface area contributed by atoms with E-state index in [4.69, 9.17) is 0 Å². The number of hydrogen-bond acceptors (Lipinski definition) is 2. The van der Waals surface area contributed by atoms with E-state index in [-0.39, 0.29) is 6.10 Å². The van der Waals surface area contributed by atoms with Crippen LogP contribution in [-0.4, -0.2) is 22.6 Å². The summed E-state index contributed by atoms with van der Waals surface area (Å²) >= 11 is 0. The van der Waals surface area contributed by atoms with Gasteiger partial charge in [0.2, 0.25) is 0 Å². The average molecular weight is 205 g/mol. The van der Waals surface area contributed by atoms with E-state index >= 15 is 0 Å². The highest BCUT2D eigenvalue weighted by Gasteiger charge is 2.24. The van der Waals surface area contributed by atoms with Crippen LogP contribution in [-0.2, 0) is 6.54 Å². The molecule has 2 nitrogen and oxygen atoms in total. The zero-order valence-electron chi connectivity index (χ0n) is 9.70. The van der Waals surface area contributed by atoms with Crippen LogP contribution in [0.5, 0.6) is 0 Å². The van der Waals surface area contributed by atoms with Crippen molar-refractivity contribution in [3.63, 3.8) is 0 Å². The average Bonchev–Trinajstić information content (AvgIpc) is 2.16. The molecule has 0 saturated heterocycles. The van der Waals surface area contributed by atoms with Gasteiger partial charge in [0.1, 0.15) is 0 Å². The van der Waals surface area contributed by atoms with E-state index in [2.05, 4.69) is 43.9 Å². The Labute approximate surface area is 91.5 Å². The monoisotopic (exact) mass is 205 g/mol. The minimum atomic E-state index is -0.322. The number of β-amino-alcohol motifs (C(OH)–C–C–N with tert-alkyl or cyclic N) is 1. The third-order valence-corrected chi connectivity index (χ3v) is 3.17. The number of nitrogens with zero attached hydrogens (tertiary/aromatic N) is 1. The molecule has 0 aromatic heterocycles. The van der Waals surface area contributed by atoms with Crippen molar-refractivity contribution in [2.45, 2.75) is 39.5 Å². The van der Waals surface area contributed by atoms with Crippen molar-refractivity contribution in [3.05, 3.63) is 34.9 Å². The van der Waals surface area contributed by atoms with Gasteiger partial charge in [0.15, 0.2) is 0 Å². The summed E-state index contributed by atoms with van der Waals surface area (Å²) in [7, 11) is 0. The Morgan fingerprint density at radius 3 is 2.80 bits per heavy atom. The van der Waals surface area contributed by atoms with Crippen molar-refractivity contribution in [2.24, 2.45) is 0 Å². The molecule has 0 aliphatic carbocycles. The molecule has 15 heavy (non-hydrogen) atoms. The van der Waals surface area contributed by atoms with Crippen LogP contribution < -0.4 is 0 Å². The highest BCUT2D eigenvalue weighted by atomic mass is 16.3. The SMILES string of the molecule is Cc1ccc2c(c1)CN(C(C)C)CC2O. The molecule has 2 rings (SSSR count). The van der Waals surface area contributed by atoms with Crippen LogP contribution in [0.25, 0.3) is 0 Å². The molecule has 2 heteroatoms. The summed E-state index contributed by atoms with van der Waals surface area (Å²) in [6.45, 7) is 8.17. The Bertz CT molecular complexity index is 360. The lowest BCUT2D eigenvalue weighted by molar-refractivity contribution is 0.0744. The van der Waals surface area contributed by atoms with Gasteiger partial charge in [-0.2, -0.15) is 0 Å². The normalized spacial score (nSPS) is 21.8. The predicted molar refractivity (Wildman–Crippen MR) is 61.7 cm³/mol. The first-order valence-electron chi connectivity index (χ1n) is 5.59. The highest BCUT2D eigenvalue weighted by molar-refractivity contribution is 5.34. The lowest BCUT2D eigenvalue weighted by atomic mass is 9.95. The number of fused-ring (bicyclic) bond motifs is 1. The number of aliphatic hydroxyl groups is 1. The fourth-order valence-corrected chi connectivity index (χ4v) is 2.19. The van der Waals surface area contributed by atoms with Gasteiger partial charge in [-0.15, -0.1) is 0 Å². The summed E-state index contributed by atoms with van der Waals surface area (Å²) in [5, 5.41) is 10.0. The highest BCUT2D eigenvalue weighted by Crippen LogP contribution is 2.28. The predicted octanol–water partition coefficient (Wildman–Crippen LogP) is 2.25. The smallest absolute Gasteiger partial charge is 0.0920 e. The molecule has 82 valence electrons. The van der Waals surface area contributed by atoms with Crippen LogP contribution in [0.1, 0.15) is 36.6 Å². The second-order valence-electron chi connectivity index (χ2n) is 4.74. The van der Waals surface area contributed by atoms with Gasteiger partial charge < -0.3 is 5.11 Å². The van der Waals surface area contributed by atoms with Crippen LogP contribution in [0.15, 0.2) is 18.2 Å². The lowest BCUT2D eigenvalue weighted by Gasteiger charge is -2.35. The first-order valence-corrected chi connectivity index (χ1v) is 5.59. The Kier molecular flexibility index (Phi) is 2.81. The van der Waals surface area contributed by atoms with Gasteiger partial charge in [0, 0.05) is 19.1 Å². The maximum Gasteiger partial charge on any atom is 0.0920 e. The van der Waals surface area contributed by atoms with Crippen LogP contribution >= 0.6 is 0 Å². The topological polar surface area (TPSA) is 23.5 Å². The van der Waals surface area contributed by atoms with Gasteiger partial charge in [-0.1, -0.05) is 23.8 Å². The fourth-order valence-electron chi connectivity index (χ4n) is 2.19. The Morgan fingerprint density at radius 1 is 1.40 bits per heavy atom. The maximum absolute atomic E-state index is 10.0. The van der Waals surface area contributed by atoms with Gasteiger partial charge >= 0.3 is 0 Å². The standard InChI is InChI=1S/C13H19NO/c1-9(2)14-7-11-6-10(3)4-5-12(11)13(15)8-14/h4-6,9,13,15H,7-8H2,1-3H3. The zero-order valence-corrected chi connectivity index (χ0v) is 9.70. The first kappa shape index (κ1) is 10.7. The third kappa shape index (κ3) is 2.06. The number of rotatable bonds is 1. The molecule has 0 amide bonds. The molecule has 1 aliphatic heterocycles. The van der Waals surface area contributed by atoms with E-state index in [1.165, 1.54) is 11.1 Å². The lowest BCUT2D eigenvalue weighted by Crippen LogP contribution is -2.38. The van der Waals surface area contributed by atoms with E-state index in [1.54, 1.807) is 0 Å². The van der Waals surface area contributed by atoms with Gasteiger partial charge in [-0.25, -0.2) is 0 Å². The van der Waals surface area contributed by atoms with Crippen molar-refractivity contribution < 1.29 is 5.11 Å². The summed E-state index contributed by atoms with van der Waals surface area (Å²) in [5.41, 5.74) is 3.66. The molecule has 1 aromatic carbocycles. The Balaban J connectivity index is 2.33. The van der Waals surface area contributed by atoms with E-state index < -0.39 is 0 Å². The number of aliphatic hydroxyl groups excluding tert-OH is 1. The van der Waals surface area contributed by atoms with E-state index in [0.717, 1.165) is 18.7 Å². The van der Waals surface area contributed by atoms with Gasteiger partial charge in [0.25, 0.3) is 0 Å². The molecule has 1 N–H and O–H groups in total. The molecule has 0 fully saturated rings. The van der Waals surface area contributed by atoms with Crippen molar-refractivity contribution in [1.82, 2.24) is 4.90 Å².